The molecule has 1 amide bonds. The van der Waals surface area contributed by atoms with Crippen LogP contribution in [-0.4, -0.2) is 45.4 Å². The van der Waals surface area contributed by atoms with Gasteiger partial charge in [0.05, 0.1) is 12.1 Å². The predicted molar refractivity (Wildman–Crippen MR) is 109 cm³/mol. The Labute approximate surface area is 173 Å². The topological polar surface area (TPSA) is 78.5 Å². The molecule has 0 radical (unpaired) electrons. The van der Waals surface area contributed by atoms with Crippen molar-refractivity contribution in [1.82, 2.24) is 15.1 Å². The minimum Gasteiger partial charge on any atom is -0.507 e. The highest BCUT2D eigenvalue weighted by Gasteiger charge is 2.43. The first-order chi connectivity index (χ1) is 14.1. The molecule has 2 atom stereocenters. The Kier molecular flexibility index (Phi) is 4.53. The van der Waals surface area contributed by atoms with E-state index in [4.69, 9.17) is 16.3 Å². The summed E-state index contributed by atoms with van der Waals surface area (Å²) in [5, 5.41) is 18.3. The molecule has 3 aromatic rings. The third-order valence-corrected chi connectivity index (χ3v) is 5.85. The Morgan fingerprint density at radius 2 is 2.10 bits per heavy atom. The number of para-hydroxylation sites is 1. The minimum absolute atomic E-state index is 0.0196. The molecule has 1 aromatic heterocycles. The number of nitrogens with one attached hydrogen (secondary N) is 1. The molecule has 1 saturated heterocycles. The first-order valence-corrected chi connectivity index (χ1v) is 10.1. The number of ether oxygens (including phenoxy) is 1. The Balaban J connectivity index is 1.65. The Bertz CT molecular complexity index is 1070. The van der Waals surface area contributed by atoms with Crippen molar-refractivity contribution >= 4 is 17.5 Å². The molecule has 0 saturated carbocycles. The van der Waals surface area contributed by atoms with Gasteiger partial charge in [-0.25, -0.2) is 0 Å². The van der Waals surface area contributed by atoms with Crippen LogP contribution < -0.4 is 0 Å². The van der Waals surface area contributed by atoms with Gasteiger partial charge in [0.15, 0.2) is 0 Å². The van der Waals surface area contributed by atoms with E-state index in [2.05, 4.69) is 10.2 Å². The number of phenols is 1. The van der Waals surface area contributed by atoms with E-state index in [0.717, 1.165) is 30.6 Å². The van der Waals surface area contributed by atoms with Gasteiger partial charge in [-0.2, -0.15) is 5.10 Å². The lowest BCUT2D eigenvalue weighted by molar-refractivity contribution is 0.0495. The highest BCUT2D eigenvalue weighted by atomic mass is 35.5. The van der Waals surface area contributed by atoms with Crippen molar-refractivity contribution in [3.05, 3.63) is 70.4 Å². The van der Waals surface area contributed by atoms with Crippen LogP contribution in [0.15, 0.2) is 48.5 Å². The van der Waals surface area contributed by atoms with Gasteiger partial charge in [-0.15, -0.1) is 0 Å². The molecule has 2 N–H and O–H groups in total. The zero-order valence-electron chi connectivity index (χ0n) is 15.6. The molecule has 0 spiro atoms. The van der Waals surface area contributed by atoms with Crippen LogP contribution in [0.2, 0.25) is 5.02 Å². The van der Waals surface area contributed by atoms with Gasteiger partial charge in [-0.1, -0.05) is 35.9 Å². The number of benzene rings is 2. The van der Waals surface area contributed by atoms with Gasteiger partial charge in [-0.3, -0.25) is 9.89 Å². The van der Waals surface area contributed by atoms with Crippen molar-refractivity contribution in [2.45, 2.75) is 25.0 Å². The number of halogens is 1. The second-order valence-corrected chi connectivity index (χ2v) is 7.86. The predicted octanol–water partition coefficient (Wildman–Crippen LogP) is 4.16. The van der Waals surface area contributed by atoms with Crippen molar-refractivity contribution in [1.29, 1.82) is 0 Å². The molecule has 2 aliphatic rings. The van der Waals surface area contributed by atoms with Crippen LogP contribution in [0.5, 0.6) is 5.75 Å². The summed E-state index contributed by atoms with van der Waals surface area (Å²) in [6.07, 6.45) is 1.96. The van der Waals surface area contributed by atoms with Crippen LogP contribution in [0.25, 0.3) is 11.3 Å². The number of H-pyrrole nitrogens is 1. The summed E-state index contributed by atoms with van der Waals surface area (Å²) in [6, 6.07) is 14.2. The van der Waals surface area contributed by atoms with Gasteiger partial charge < -0.3 is 14.7 Å². The molecular formula is C22H20ClN3O3. The standard InChI is InChI=1S/C22H20ClN3O3/c23-14-6-3-5-13(11-14)21-18-19(16-8-1-2-9-17(16)27)24-25-20(18)22(28)26(21)12-15-7-4-10-29-15/h1-3,5-6,8-9,11,15,21,27H,4,7,10,12H2,(H,24,25)/t15-,21-/m0/s1. The SMILES string of the molecule is O=C1c2[nH]nc(-c3ccccc3O)c2[C@H](c2cccc(Cl)c2)N1C[C@@H]1CCCO1. The number of amides is 1. The van der Waals surface area contributed by atoms with Gasteiger partial charge in [0.25, 0.3) is 5.91 Å². The molecule has 0 aliphatic carbocycles. The van der Waals surface area contributed by atoms with Crippen molar-refractivity contribution < 1.29 is 14.6 Å². The second-order valence-electron chi connectivity index (χ2n) is 7.43. The summed E-state index contributed by atoms with van der Waals surface area (Å²) in [5.74, 6) is 0.00585. The quantitative estimate of drug-likeness (QED) is 0.678. The molecular weight excluding hydrogens is 390 g/mol. The fourth-order valence-corrected chi connectivity index (χ4v) is 4.49. The monoisotopic (exact) mass is 409 g/mol. The summed E-state index contributed by atoms with van der Waals surface area (Å²) in [7, 11) is 0. The van der Waals surface area contributed by atoms with E-state index in [-0.39, 0.29) is 23.8 Å². The molecule has 0 unspecified atom stereocenters. The summed E-state index contributed by atoms with van der Waals surface area (Å²) >= 11 is 6.27. The Morgan fingerprint density at radius 1 is 1.24 bits per heavy atom. The average molecular weight is 410 g/mol. The highest BCUT2D eigenvalue weighted by Crippen LogP contribution is 2.45. The van der Waals surface area contributed by atoms with Crippen LogP contribution >= 0.6 is 11.6 Å². The molecule has 0 bridgehead atoms. The maximum atomic E-state index is 13.3. The van der Waals surface area contributed by atoms with E-state index in [0.29, 0.717) is 28.5 Å². The van der Waals surface area contributed by atoms with E-state index in [1.54, 1.807) is 18.2 Å². The highest BCUT2D eigenvalue weighted by molar-refractivity contribution is 6.30. The zero-order valence-corrected chi connectivity index (χ0v) is 16.4. The number of aromatic nitrogens is 2. The van der Waals surface area contributed by atoms with E-state index in [9.17, 15) is 9.90 Å². The van der Waals surface area contributed by atoms with Crippen LogP contribution in [0.3, 0.4) is 0 Å². The minimum atomic E-state index is -0.353. The number of rotatable bonds is 4. The number of phenolic OH excluding ortho intramolecular Hbond substituents is 1. The van der Waals surface area contributed by atoms with Crippen molar-refractivity contribution in [3.8, 4) is 17.0 Å². The maximum absolute atomic E-state index is 13.3. The first-order valence-electron chi connectivity index (χ1n) is 9.68. The largest absolute Gasteiger partial charge is 0.507 e. The van der Waals surface area contributed by atoms with E-state index in [1.807, 2.05) is 35.2 Å². The van der Waals surface area contributed by atoms with Crippen LogP contribution in [-0.2, 0) is 4.74 Å². The van der Waals surface area contributed by atoms with Gasteiger partial charge in [0.2, 0.25) is 0 Å². The number of aromatic amines is 1. The fourth-order valence-electron chi connectivity index (χ4n) is 4.30. The second kappa shape index (κ2) is 7.21. The lowest BCUT2D eigenvalue weighted by Gasteiger charge is -2.28. The third kappa shape index (κ3) is 3.09. The number of aromatic hydroxyl groups is 1. The molecule has 5 rings (SSSR count). The number of hydrogen-bond donors (Lipinski definition) is 2. The number of fused-ring (bicyclic) bond motifs is 1. The Morgan fingerprint density at radius 3 is 2.86 bits per heavy atom. The summed E-state index contributed by atoms with van der Waals surface area (Å²) < 4.78 is 5.79. The Hall–Kier alpha value is -2.83. The van der Waals surface area contributed by atoms with Crippen LogP contribution in [0.4, 0.5) is 0 Å². The van der Waals surface area contributed by atoms with Crippen molar-refractivity contribution in [2.75, 3.05) is 13.2 Å². The summed E-state index contributed by atoms with van der Waals surface area (Å²) in [6.45, 7) is 1.23. The molecule has 1 fully saturated rings. The lowest BCUT2D eigenvalue weighted by atomic mass is 9.95. The number of carbonyl (C=O) groups is 1. The van der Waals surface area contributed by atoms with Gasteiger partial charge in [-0.05, 0) is 42.7 Å². The van der Waals surface area contributed by atoms with Crippen molar-refractivity contribution in [2.24, 2.45) is 0 Å². The third-order valence-electron chi connectivity index (χ3n) is 5.61. The number of carbonyl (C=O) groups excluding carboxylic acids is 1. The first kappa shape index (κ1) is 18.2. The molecule has 29 heavy (non-hydrogen) atoms. The summed E-state index contributed by atoms with van der Waals surface area (Å²) in [5.41, 5.74) is 3.28. The van der Waals surface area contributed by atoms with E-state index in [1.165, 1.54) is 0 Å². The number of nitrogens with zero attached hydrogens (tertiary/aromatic N) is 2. The molecule has 3 heterocycles. The van der Waals surface area contributed by atoms with Crippen LogP contribution in [0.1, 0.15) is 40.5 Å². The zero-order chi connectivity index (χ0) is 20.0. The summed E-state index contributed by atoms with van der Waals surface area (Å²) in [4.78, 5) is 15.1. The van der Waals surface area contributed by atoms with Gasteiger partial charge in [0, 0.05) is 29.3 Å². The molecule has 148 valence electrons. The fraction of sp³-hybridized carbons (Fsp3) is 0.273. The van der Waals surface area contributed by atoms with Crippen LogP contribution in [0, 0.1) is 0 Å². The van der Waals surface area contributed by atoms with E-state index < -0.39 is 0 Å². The smallest absolute Gasteiger partial charge is 0.273 e. The van der Waals surface area contributed by atoms with Gasteiger partial charge in [0.1, 0.15) is 17.1 Å². The maximum Gasteiger partial charge on any atom is 0.273 e. The average Bonchev–Trinajstić information content (AvgIpc) is 3.42. The molecule has 6 nitrogen and oxygen atoms in total. The van der Waals surface area contributed by atoms with Gasteiger partial charge >= 0.3 is 0 Å². The lowest BCUT2D eigenvalue weighted by Crippen LogP contribution is -2.36. The molecule has 2 aliphatic heterocycles. The number of hydrogen-bond acceptors (Lipinski definition) is 4. The normalized spacial score (nSPS) is 21.0. The van der Waals surface area contributed by atoms with E-state index >= 15 is 0 Å². The van der Waals surface area contributed by atoms with Crippen molar-refractivity contribution in [3.63, 3.8) is 0 Å². The molecule has 7 heteroatoms. The molecule has 2 aromatic carbocycles.